The molecule has 0 aliphatic rings. The molecule has 0 aliphatic carbocycles. The van der Waals surface area contributed by atoms with Crippen molar-refractivity contribution in [3.8, 4) is 11.1 Å². The van der Waals surface area contributed by atoms with E-state index in [1.54, 1.807) is 30.3 Å². The lowest BCUT2D eigenvalue weighted by atomic mass is 9.93. The molecule has 0 saturated heterocycles. The van der Waals surface area contributed by atoms with Crippen LogP contribution in [-0.2, 0) is 20.7 Å². The second kappa shape index (κ2) is 12.1. The van der Waals surface area contributed by atoms with Crippen molar-refractivity contribution in [3.05, 3.63) is 94.5 Å². The van der Waals surface area contributed by atoms with Gasteiger partial charge < -0.3 is 10.5 Å². The number of rotatable bonds is 10. The van der Waals surface area contributed by atoms with E-state index in [0.29, 0.717) is 17.5 Å². The van der Waals surface area contributed by atoms with Crippen molar-refractivity contribution in [2.75, 3.05) is 0 Å². The summed E-state index contributed by atoms with van der Waals surface area (Å²) in [6.07, 6.45) is 0.373. The van der Waals surface area contributed by atoms with Crippen molar-refractivity contribution in [2.45, 2.75) is 44.7 Å². The number of ether oxygens (including phenoxy) is 1. The van der Waals surface area contributed by atoms with Gasteiger partial charge in [-0.3, -0.25) is 10.1 Å². The van der Waals surface area contributed by atoms with Gasteiger partial charge in [0, 0.05) is 12.0 Å². The third-order valence-electron chi connectivity index (χ3n) is 5.66. The summed E-state index contributed by atoms with van der Waals surface area (Å²) in [6, 6.07) is 15.5. The zero-order valence-electron chi connectivity index (χ0n) is 20.4. The molecule has 0 bridgehead atoms. The van der Waals surface area contributed by atoms with Crippen LogP contribution in [0.5, 0.6) is 0 Å². The Morgan fingerprint density at radius 1 is 0.973 bits per heavy atom. The maximum atomic E-state index is 13.4. The molecule has 3 aromatic rings. The van der Waals surface area contributed by atoms with Crippen LogP contribution in [0.1, 0.15) is 42.6 Å². The summed E-state index contributed by atoms with van der Waals surface area (Å²) in [5.74, 6) is -3.21. The number of halogens is 3. The zero-order chi connectivity index (χ0) is 27.2. The maximum Gasteiger partial charge on any atom is 0.345 e. The smallest absolute Gasteiger partial charge is 0.345 e. The monoisotopic (exact) mass is 528 g/mol. The standard InChI is InChI=1S/C28H27ClF2N2O4/c1-28(2,16-17-3-10-21(30)11-4-17)33-24(13-14-25(32)34)27(36)37-26(35)19-7-5-18(6-8-19)20-9-12-23(31)22(29)15-20/h3-12,15,24,33H,13-14,16H2,1-2H3,(H2,32,34)/t24-/m0/s1. The lowest BCUT2D eigenvalue weighted by molar-refractivity contribution is -0.141. The van der Waals surface area contributed by atoms with E-state index >= 15 is 0 Å². The molecule has 3 N–H and O–H groups in total. The first-order valence-electron chi connectivity index (χ1n) is 11.6. The molecule has 1 atom stereocenters. The van der Waals surface area contributed by atoms with Gasteiger partial charge in [-0.1, -0.05) is 41.9 Å². The molecule has 1 amide bonds. The number of hydrogen-bond acceptors (Lipinski definition) is 5. The fraction of sp³-hybridized carbons (Fsp3) is 0.250. The van der Waals surface area contributed by atoms with E-state index in [2.05, 4.69) is 5.32 Å². The van der Waals surface area contributed by atoms with Crippen molar-refractivity contribution in [1.29, 1.82) is 0 Å². The van der Waals surface area contributed by atoms with Crippen LogP contribution in [0, 0.1) is 11.6 Å². The molecular formula is C28H27ClF2N2O4. The number of primary amides is 1. The molecule has 194 valence electrons. The molecule has 0 aromatic heterocycles. The Bertz CT molecular complexity index is 1280. The summed E-state index contributed by atoms with van der Waals surface area (Å²) >= 11 is 5.84. The first-order chi connectivity index (χ1) is 17.4. The van der Waals surface area contributed by atoms with E-state index in [4.69, 9.17) is 22.1 Å². The lowest BCUT2D eigenvalue weighted by Crippen LogP contribution is -2.51. The molecule has 0 heterocycles. The Balaban J connectivity index is 1.69. The van der Waals surface area contributed by atoms with Gasteiger partial charge in [0.15, 0.2) is 0 Å². The van der Waals surface area contributed by atoms with Crippen LogP contribution in [0.15, 0.2) is 66.7 Å². The van der Waals surface area contributed by atoms with Crippen LogP contribution < -0.4 is 11.1 Å². The molecule has 0 unspecified atom stereocenters. The van der Waals surface area contributed by atoms with E-state index in [1.165, 1.54) is 36.4 Å². The van der Waals surface area contributed by atoms with Gasteiger partial charge in [0.25, 0.3) is 0 Å². The topological polar surface area (TPSA) is 98.5 Å². The van der Waals surface area contributed by atoms with Gasteiger partial charge in [-0.15, -0.1) is 0 Å². The minimum Gasteiger partial charge on any atom is -0.388 e. The third kappa shape index (κ3) is 8.20. The summed E-state index contributed by atoms with van der Waals surface area (Å²) in [5, 5.41) is 3.11. The highest BCUT2D eigenvalue weighted by Gasteiger charge is 2.30. The second-order valence-electron chi connectivity index (χ2n) is 9.30. The predicted octanol–water partition coefficient (Wildman–Crippen LogP) is 5.21. The molecule has 6 nitrogen and oxygen atoms in total. The molecule has 0 radical (unpaired) electrons. The van der Waals surface area contributed by atoms with Gasteiger partial charge in [-0.2, -0.15) is 0 Å². The predicted molar refractivity (Wildman–Crippen MR) is 137 cm³/mol. The van der Waals surface area contributed by atoms with Gasteiger partial charge in [-0.05, 0) is 79.8 Å². The van der Waals surface area contributed by atoms with Gasteiger partial charge in [-0.25, -0.2) is 18.4 Å². The summed E-state index contributed by atoms with van der Waals surface area (Å²) in [4.78, 5) is 36.9. The van der Waals surface area contributed by atoms with E-state index in [0.717, 1.165) is 5.56 Å². The fourth-order valence-electron chi connectivity index (χ4n) is 3.87. The van der Waals surface area contributed by atoms with Crippen LogP contribution in [0.2, 0.25) is 5.02 Å². The van der Waals surface area contributed by atoms with Crippen molar-refractivity contribution >= 4 is 29.4 Å². The molecular weight excluding hydrogens is 502 g/mol. The van der Waals surface area contributed by atoms with Crippen molar-refractivity contribution in [3.63, 3.8) is 0 Å². The first kappa shape index (κ1) is 28.0. The Kier molecular flexibility index (Phi) is 9.13. The van der Waals surface area contributed by atoms with Crippen LogP contribution in [-0.4, -0.2) is 29.4 Å². The Hall–Kier alpha value is -3.62. The van der Waals surface area contributed by atoms with Crippen molar-refractivity contribution < 1.29 is 27.9 Å². The summed E-state index contributed by atoms with van der Waals surface area (Å²) in [7, 11) is 0. The Morgan fingerprint density at radius 3 is 2.19 bits per heavy atom. The Morgan fingerprint density at radius 2 is 1.59 bits per heavy atom. The van der Waals surface area contributed by atoms with E-state index in [1.807, 2.05) is 13.8 Å². The molecule has 0 spiro atoms. The average molecular weight is 529 g/mol. The van der Waals surface area contributed by atoms with Gasteiger partial charge in [0.1, 0.15) is 17.7 Å². The quantitative estimate of drug-likeness (QED) is 0.278. The maximum absolute atomic E-state index is 13.4. The van der Waals surface area contributed by atoms with E-state index in [-0.39, 0.29) is 29.2 Å². The SMILES string of the molecule is CC(C)(Cc1ccc(F)cc1)N[C@@H](CCC(N)=O)C(=O)OC(=O)c1ccc(-c2ccc(F)c(Cl)c2)cc1. The van der Waals surface area contributed by atoms with Crippen molar-refractivity contribution in [2.24, 2.45) is 5.73 Å². The van der Waals surface area contributed by atoms with Gasteiger partial charge in [0.2, 0.25) is 5.91 Å². The minimum atomic E-state index is -0.993. The van der Waals surface area contributed by atoms with Crippen LogP contribution in [0.25, 0.3) is 11.1 Å². The molecule has 9 heteroatoms. The highest BCUT2D eigenvalue weighted by Crippen LogP contribution is 2.25. The zero-order valence-corrected chi connectivity index (χ0v) is 21.1. The van der Waals surface area contributed by atoms with Crippen molar-refractivity contribution in [1.82, 2.24) is 5.32 Å². The molecule has 0 aliphatic heterocycles. The number of nitrogens with one attached hydrogen (secondary N) is 1. The number of carbonyl (C=O) groups excluding carboxylic acids is 3. The van der Waals surface area contributed by atoms with Gasteiger partial charge in [0.05, 0.1) is 10.6 Å². The summed E-state index contributed by atoms with van der Waals surface area (Å²) in [5.41, 5.74) is 6.90. The van der Waals surface area contributed by atoms with Crippen LogP contribution >= 0.6 is 11.6 Å². The fourth-order valence-corrected chi connectivity index (χ4v) is 4.05. The number of hydrogen-bond donors (Lipinski definition) is 2. The summed E-state index contributed by atoms with van der Waals surface area (Å²) in [6.45, 7) is 3.67. The minimum absolute atomic E-state index is 0.0246. The van der Waals surface area contributed by atoms with E-state index in [9.17, 15) is 23.2 Å². The highest BCUT2D eigenvalue weighted by atomic mass is 35.5. The average Bonchev–Trinajstić information content (AvgIpc) is 2.84. The number of benzene rings is 3. The van der Waals surface area contributed by atoms with Crippen LogP contribution in [0.3, 0.4) is 0 Å². The normalized spacial score (nSPS) is 12.1. The molecule has 3 aromatic carbocycles. The third-order valence-corrected chi connectivity index (χ3v) is 5.94. The number of carbonyl (C=O) groups is 3. The van der Waals surface area contributed by atoms with Gasteiger partial charge >= 0.3 is 11.9 Å². The first-order valence-corrected chi connectivity index (χ1v) is 11.9. The molecule has 0 fully saturated rings. The second-order valence-corrected chi connectivity index (χ2v) is 9.71. The highest BCUT2D eigenvalue weighted by molar-refractivity contribution is 6.31. The molecule has 3 rings (SSSR count). The number of amides is 1. The van der Waals surface area contributed by atoms with Crippen LogP contribution in [0.4, 0.5) is 8.78 Å². The lowest BCUT2D eigenvalue weighted by Gasteiger charge is -2.31. The number of nitrogens with two attached hydrogens (primary N) is 1. The summed E-state index contributed by atoms with van der Waals surface area (Å²) < 4.78 is 31.8. The molecule has 37 heavy (non-hydrogen) atoms. The largest absolute Gasteiger partial charge is 0.388 e. The molecule has 0 saturated carbocycles. The number of esters is 2. The van der Waals surface area contributed by atoms with E-state index < -0.39 is 35.2 Å². The Labute approximate surface area is 218 Å².